The highest BCUT2D eigenvalue weighted by molar-refractivity contribution is 9.10. The molecule has 0 atom stereocenters. The van der Waals surface area contributed by atoms with Crippen LogP contribution in [0, 0.1) is 0 Å². The van der Waals surface area contributed by atoms with Gasteiger partial charge in [-0.25, -0.2) is 4.79 Å². The number of rotatable bonds is 5. The number of ether oxygens (including phenoxy) is 3. The van der Waals surface area contributed by atoms with Crippen molar-refractivity contribution in [2.45, 2.75) is 0 Å². The van der Waals surface area contributed by atoms with Crippen molar-refractivity contribution in [2.24, 2.45) is 0 Å². The van der Waals surface area contributed by atoms with Gasteiger partial charge in [-0.2, -0.15) is 0 Å². The predicted octanol–water partition coefficient (Wildman–Crippen LogP) is 3.21. The normalized spacial score (nSPS) is 13.3. The average Bonchev–Trinajstić information content (AvgIpc) is 2.78. The summed E-state index contributed by atoms with van der Waals surface area (Å²) >= 11 is 8.72. The van der Waals surface area contributed by atoms with Crippen molar-refractivity contribution < 1.29 is 23.8 Å². The number of methoxy groups -OCH3 is 2. The Morgan fingerprint density at radius 3 is 2.55 bits per heavy atom. The molecule has 1 amide bonds. The maximum absolute atomic E-state index is 12.7. The van der Waals surface area contributed by atoms with Crippen LogP contribution in [-0.2, 0) is 9.47 Å². The molecule has 0 aliphatic carbocycles. The lowest BCUT2D eigenvalue weighted by molar-refractivity contribution is 0.0600. The average molecular weight is 508 g/mol. The molecule has 0 unspecified atom stereocenters. The molecule has 1 aliphatic rings. The Morgan fingerprint density at radius 2 is 1.87 bits per heavy atom. The highest BCUT2D eigenvalue weighted by Crippen LogP contribution is 2.29. The molecule has 3 rings (SSSR count). The minimum absolute atomic E-state index is 0.0866. The molecule has 0 spiro atoms. The van der Waals surface area contributed by atoms with Crippen LogP contribution in [0.2, 0.25) is 0 Å². The van der Waals surface area contributed by atoms with Crippen LogP contribution in [0.25, 0.3) is 0 Å². The van der Waals surface area contributed by atoms with Crippen molar-refractivity contribution in [3.05, 3.63) is 52.0 Å². The topological polar surface area (TPSA) is 89.1 Å². The van der Waals surface area contributed by atoms with Crippen LogP contribution in [0.4, 0.5) is 11.4 Å². The van der Waals surface area contributed by atoms with Gasteiger partial charge in [0.15, 0.2) is 5.11 Å². The number of carbonyl (C=O) groups is 2. The van der Waals surface area contributed by atoms with Gasteiger partial charge in [0.1, 0.15) is 5.75 Å². The Hall–Kier alpha value is -2.69. The first-order valence-electron chi connectivity index (χ1n) is 9.44. The maximum atomic E-state index is 12.7. The summed E-state index contributed by atoms with van der Waals surface area (Å²) < 4.78 is 16.2. The van der Waals surface area contributed by atoms with Crippen molar-refractivity contribution >= 4 is 56.5 Å². The number of amides is 1. The van der Waals surface area contributed by atoms with E-state index in [0.29, 0.717) is 48.9 Å². The predicted molar refractivity (Wildman–Crippen MR) is 125 cm³/mol. The van der Waals surface area contributed by atoms with Crippen LogP contribution < -0.4 is 20.3 Å². The second-order valence-corrected chi connectivity index (χ2v) is 7.90. The standard InChI is InChI=1S/C21H22BrN3O5S/c1-28-18-6-4-14(22)12-15(18)19(26)24-21(31)23-16-11-13(20(27)29-2)3-5-17(16)25-7-9-30-10-8-25/h3-6,11-12H,7-10H2,1-2H3,(H2,23,24,26,31). The Labute approximate surface area is 194 Å². The molecule has 1 aliphatic heterocycles. The summed E-state index contributed by atoms with van der Waals surface area (Å²) in [7, 11) is 2.81. The summed E-state index contributed by atoms with van der Waals surface area (Å²) in [5, 5.41) is 5.78. The lowest BCUT2D eigenvalue weighted by atomic mass is 10.1. The zero-order valence-electron chi connectivity index (χ0n) is 17.1. The highest BCUT2D eigenvalue weighted by Gasteiger charge is 2.19. The van der Waals surface area contributed by atoms with Crippen molar-refractivity contribution in [3.63, 3.8) is 0 Å². The van der Waals surface area contributed by atoms with Gasteiger partial charge in [-0.3, -0.25) is 10.1 Å². The van der Waals surface area contributed by atoms with Crippen molar-refractivity contribution in [2.75, 3.05) is 50.7 Å². The van der Waals surface area contributed by atoms with Gasteiger partial charge in [0.05, 0.1) is 49.9 Å². The van der Waals surface area contributed by atoms with Gasteiger partial charge in [-0.05, 0) is 48.6 Å². The summed E-state index contributed by atoms with van der Waals surface area (Å²) in [5.41, 5.74) is 2.12. The lowest BCUT2D eigenvalue weighted by Crippen LogP contribution is -2.38. The number of anilines is 2. The Bertz CT molecular complexity index is 995. The number of esters is 1. The fourth-order valence-electron chi connectivity index (χ4n) is 3.14. The van der Waals surface area contributed by atoms with E-state index < -0.39 is 11.9 Å². The van der Waals surface area contributed by atoms with Gasteiger partial charge < -0.3 is 24.4 Å². The van der Waals surface area contributed by atoms with E-state index in [-0.39, 0.29) is 5.11 Å². The van der Waals surface area contributed by atoms with Gasteiger partial charge in [0.25, 0.3) is 5.91 Å². The van der Waals surface area contributed by atoms with Crippen LogP contribution in [0.3, 0.4) is 0 Å². The fourth-order valence-corrected chi connectivity index (χ4v) is 3.71. The minimum Gasteiger partial charge on any atom is -0.496 e. The molecule has 1 heterocycles. The number of hydrogen-bond donors (Lipinski definition) is 2. The molecule has 2 aromatic carbocycles. The van der Waals surface area contributed by atoms with Crippen LogP contribution in [0.5, 0.6) is 5.75 Å². The molecule has 164 valence electrons. The monoisotopic (exact) mass is 507 g/mol. The second kappa shape index (κ2) is 10.6. The van der Waals surface area contributed by atoms with Gasteiger partial charge in [-0.1, -0.05) is 15.9 Å². The van der Waals surface area contributed by atoms with Crippen LogP contribution in [-0.4, -0.2) is 57.5 Å². The van der Waals surface area contributed by atoms with Crippen molar-refractivity contribution in [1.29, 1.82) is 0 Å². The number of thiocarbonyl (C=S) groups is 1. The van der Waals surface area contributed by atoms with Crippen LogP contribution in [0.15, 0.2) is 40.9 Å². The molecule has 1 fully saturated rings. The highest BCUT2D eigenvalue weighted by atomic mass is 79.9. The molecule has 10 heteroatoms. The van der Waals surface area contributed by atoms with E-state index in [4.69, 9.17) is 26.4 Å². The van der Waals surface area contributed by atoms with E-state index in [0.717, 1.165) is 10.2 Å². The molecule has 2 N–H and O–H groups in total. The number of benzene rings is 2. The minimum atomic E-state index is -0.467. The fraction of sp³-hybridized carbons (Fsp3) is 0.286. The number of halogens is 1. The summed E-state index contributed by atoms with van der Waals surface area (Å²) in [6, 6.07) is 10.3. The first-order chi connectivity index (χ1) is 14.9. The van der Waals surface area contributed by atoms with Crippen LogP contribution in [0.1, 0.15) is 20.7 Å². The summed E-state index contributed by atoms with van der Waals surface area (Å²) in [6.45, 7) is 2.59. The number of hydrogen-bond acceptors (Lipinski definition) is 7. The lowest BCUT2D eigenvalue weighted by Gasteiger charge is -2.31. The van der Waals surface area contributed by atoms with Gasteiger partial charge in [-0.15, -0.1) is 0 Å². The second-order valence-electron chi connectivity index (χ2n) is 6.58. The smallest absolute Gasteiger partial charge is 0.337 e. The third kappa shape index (κ3) is 5.72. The maximum Gasteiger partial charge on any atom is 0.337 e. The first-order valence-corrected chi connectivity index (χ1v) is 10.6. The zero-order valence-corrected chi connectivity index (χ0v) is 19.5. The quantitative estimate of drug-likeness (QED) is 0.471. The van der Waals surface area contributed by atoms with Crippen molar-refractivity contribution in [3.8, 4) is 5.75 Å². The molecule has 8 nitrogen and oxygen atoms in total. The SMILES string of the molecule is COC(=O)c1ccc(N2CCOCC2)c(NC(=S)NC(=O)c2cc(Br)ccc2OC)c1. The summed E-state index contributed by atoms with van der Waals surface area (Å²) in [6.07, 6.45) is 0. The molecule has 0 aromatic heterocycles. The zero-order chi connectivity index (χ0) is 22.4. The van der Waals surface area contributed by atoms with Gasteiger partial charge in [0, 0.05) is 17.6 Å². The van der Waals surface area contributed by atoms with Crippen LogP contribution >= 0.6 is 28.1 Å². The largest absolute Gasteiger partial charge is 0.496 e. The molecule has 0 bridgehead atoms. The van der Waals surface area contributed by atoms with E-state index in [9.17, 15) is 9.59 Å². The Balaban J connectivity index is 1.82. The molecule has 31 heavy (non-hydrogen) atoms. The number of nitrogens with one attached hydrogen (secondary N) is 2. The van der Waals surface area contributed by atoms with Crippen molar-refractivity contribution in [1.82, 2.24) is 5.32 Å². The Kier molecular flexibility index (Phi) is 7.83. The Morgan fingerprint density at radius 1 is 1.13 bits per heavy atom. The van der Waals surface area contributed by atoms with Gasteiger partial charge in [0.2, 0.25) is 0 Å². The molecule has 0 radical (unpaired) electrons. The number of carbonyl (C=O) groups excluding carboxylic acids is 2. The molecule has 0 saturated carbocycles. The van der Waals surface area contributed by atoms with E-state index in [1.165, 1.54) is 14.2 Å². The molecule has 1 saturated heterocycles. The third-order valence-corrected chi connectivity index (χ3v) is 5.35. The summed E-state index contributed by atoms with van der Waals surface area (Å²) in [5.74, 6) is -0.469. The molecular formula is C21H22BrN3O5S. The summed E-state index contributed by atoms with van der Waals surface area (Å²) in [4.78, 5) is 26.9. The van der Waals surface area contributed by atoms with Gasteiger partial charge >= 0.3 is 5.97 Å². The number of morpholine rings is 1. The third-order valence-electron chi connectivity index (χ3n) is 4.65. The van der Waals surface area contributed by atoms with E-state index in [1.54, 1.807) is 30.3 Å². The van der Waals surface area contributed by atoms with E-state index >= 15 is 0 Å². The molecular weight excluding hydrogens is 486 g/mol. The van der Waals surface area contributed by atoms with E-state index in [2.05, 4.69) is 31.5 Å². The van der Waals surface area contributed by atoms with E-state index in [1.807, 2.05) is 6.07 Å². The first kappa shape index (κ1) is 23.0. The number of nitrogens with zero attached hydrogens (tertiary/aromatic N) is 1. The molecule has 2 aromatic rings.